The Labute approximate surface area is 158 Å². The number of rotatable bonds is 7. The summed E-state index contributed by atoms with van der Waals surface area (Å²) in [6, 6.07) is 15.8. The highest BCUT2D eigenvalue weighted by atomic mass is 16.5. The van der Waals surface area contributed by atoms with Gasteiger partial charge >= 0.3 is 5.97 Å². The fourth-order valence-corrected chi connectivity index (χ4v) is 2.68. The Morgan fingerprint density at radius 2 is 1.85 bits per heavy atom. The number of aromatic nitrogens is 2. The highest BCUT2D eigenvalue weighted by molar-refractivity contribution is 6.02. The van der Waals surface area contributed by atoms with Gasteiger partial charge in [0, 0.05) is 11.8 Å². The van der Waals surface area contributed by atoms with E-state index in [0.717, 1.165) is 22.2 Å². The highest BCUT2D eigenvalue weighted by Crippen LogP contribution is 2.19. The molecule has 1 heterocycles. The summed E-state index contributed by atoms with van der Waals surface area (Å²) in [4.78, 5) is 20.3. The number of aryl methyl sites for hydroxylation is 1. The predicted octanol–water partition coefficient (Wildman–Crippen LogP) is 4.10. The minimum Gasteiger partial charge on any atom is -0.466 e. The number of ether oxygens (including phenoxy) is 1. The molecule has 1 aromatic heterocycles. The standard InChI is InChI=1S/C21H22N4O2/c1-3-27-20(26)13-12-18(16-10-8-15(2)9-11-16)24-25-21-17-6-4-5-7-19(17)22-14-23-21/h4-11,14H,3,12-13H2,1-2H3,(H,22,23,25). The average Bonchev–Trinajstić information content (AvgIpc) is 2.69. The van der Waals surface area contributed by atoms with Gasteiger partial charge in [0.05, 0.1) is 24.3 Å². The van der Waals surface area contributed by atoms with E-state index in [1.165, 1.54) is 11.9 Å². The number of para-hydroxylation sites is 1. The number of fused-ring (bicyclic) bond motifs is 1. The van der Waals surface area contributed by atoms with E-state index in [4.69, 9.17) is 4.74 Å². The molecule has 0 saturated heterocycles. The van der Waals surface area contributed by atoms with Crippen molar-refractivity contribution < 1.29 is 9.53 Å². The normalized spacial score (nSPS) is 11.4. The number of esters is 1. The van der Waals surface area contributed by atoms with Crippen LogP contribution >= 0.6 is 0 Å². The molecule has 0 aliphatic rings. The molecule has 3 aromatic rings. The van der Waals surface area contributed by atoms with Crippen LogP contribution in [0, 0.1) is 6.92 Å². The van der Waals surface area contributed by atoms with Crippen molar-refractivity contribution in [1.82, 2.24) is 9.97 Å². The summed E-state index contributed by atoms with van der Waals surface area (Å²) in [6.45, 7) is 4.21. The molecule has 3 rings (SSSR count). The Kier molecular flexibility index (Phi) is 6.10. The Bertz CT molecular complexity index is 947. The zero-order valence-corrected chi connectivity index (χ0v) is 15.5. The molecule has 0 unspecified atom stereocenters. The second-order valence-electron chi connectivity index (χ2n) is 6.08. The fourth-order valence-electron chi connectivity index (χ4n) is 2.68. The fraction of sp³-hybridized carbons (Fsp3) is 0.238. The molecule has 0 aliphatic carbocycles. The van der Waals surface area contributed by atoms with Gasteiger partial charge in [-0.3, -0.25) is 10.2 Å². The zero-order chi connectivity index (χ0) is 19.1. The maximum atomic E-state index is 11.8. The van der Waals surface area contributed by atoms with Crippen LogP contribution < -0.4 is 5.43 Å². The van der Waals surface area contributed by atoms with Gasteiger partial charge in [-0.25, -0.2) is 9.97 Å². The minimum absolute atomic E-state index is 0.232. The van der Waals surface area contributed by atoms with E-state index in [2.05, 4.69) is 20.5 Å². The van der Waals surface area contributed by atoms with Crippen LogP contribution in [0.3, 0.4) is 0 Å². The van der Waals surface area contributed by atoms with Gasteiger partial charge in [-0.1, -0.05) is 42.0 Å². The van der Waals surface area contributed by atoms with Crippen LogP contribution in [0.25, 0.3) is 10.9 Å². The summed E-state index contributed by atoms with van der Waals surface area (Å²) >= 11 is 0. The van der Waals surface area contributed by atoms with Gasteiger partial charge < -0.3 is 4.74 Å². The van der Waals surface area contributed by atoms with Gasteiger partial charge in [0.25, 0.3) is 0 Å². The lowest BCUT2D eigenvalue weighted by Crippen LogP contribution is -2.11. The molecule has 6 heteroatoms. The van der Waals surface area contributed by atoms with E-state index in [-0.39, 0.29) is 12.4 Å². The molecule has 0 saturated carbocycles. The average molecular weight is 362 g/mol. The number of anilines is 1. The van der Waals surface area contributed by atoms with Crippen molar-refractivity contribution in [1.29, 1.82) is 0 Å². The van der Waals surface area contributed by atoms with E-state index in [1.54, 1.807) is 6.92 Å². The predicted molar refractivity (Wildman–Crippen MR) is 107 cm³/mol. The van der Waals surface area contributed by atoms with Crippen LogP contribution in [0.15, 0.2) is 60.0 Å². The number of hydrogen-bond acceptors (Lipinski definition) is 6. The van der Waals surface area contributed by atoms with E-state index in [9.17, 15) is 4.79 Å². The molecular formula is C21H22N4O2. The Morgan fingerprint density at radius 1 is 1.07 bits per heavy atom. The van der Waals surface area contributed by atoms with Crippen molar-refractivity contribution in [2.24, 2.45) is 5.10 Å². The van der Waals surface area contributed by atoms with Crippen molar-refractivity contribution in [3.05, 3.63) is 66.0 Å². The first kappa shape index (κ1) is 18.5. The molecule has 0 spiro atoms. The topological polar surface area (TPSA) is 76.5 Å². The monoisotopic (exact) mass is 362 g/mol. The SMILES string of the molecule is CCOC(=O)CCC(=NNc1ncnc2ccccc12)c1ccc(C)cc1. The molecule has 0 atom stereocenters. The number of hydrazone groups is 1. The van der Waals surface area contributed by atoms with Gasteiger partial charge in [-0.15, -0.1) is 0 Å². The number of carbonyl (C=O) groups excluding carboxylic acids is 1. The van der Waals surface area contributed by atoms with Gasteiger partial charge in [0.1, 0.15) is 6.33 Å². The third-order valence-corrected chi connectivity index (χ3v) is 4.10. The number of nitrogens with one attached hydrogen (secondary N) is 1. The number of hydrogen-bond donors (Lipinski definition) is 1. The minimum atomic E-state index is -0.232. The van der Waals surface area contributed by atoms with Crippen molar-refractivity contribution >= 4 is 28.4 Å². The van der Waals surface area contributed by atoms with Gasteiger partial charge in [0.2, 0.25) is 0 Å². The molecule has 0 aliphatic heterocycles. The lowest BCUT2D eigenvalue weighted by atomic mass is 10.0. The number of benzene rings is 2. The maximum Gasteiger partial charge on any atom is 0.306 e. The molecule has 1 N–H and O–H groups in total. The molecule has 0 bridgehead atoms. The maximum absolute atomic E-state index is 11.8. The van der Waals surface area contributed by atoms with E-state index < -0.39 is 0 Å². The van der Waals surface area contributed by atoms with E-state index in [0.29, 0.717) is 18.8 Å². The molecule has 0 fully saturated rings. The summed E-state index contributed by atoms with van der Waals surface area (Å²) in [5, 5.41) is 5.43. The van der Waals surface area contributed by atoms with Crippen LogP contribution in [-0.2, 0) is 9.53 Å². The largest absolute Gasteiger partial charge is 0.466 e. The lowest BCUT2D eigenvalue weighted by Gasteiger charge is -2.09. The van der Waals surface area contributed by atoms with Crippen LogP contribution in [0.1, 0.15) is 30.9 Å². The van der Waals surface area contributed by atoms with Crippen molar-refractivity contribution in [2.75, 3.05) is 12.0 Å². The second-order valence-corrected chi connectivity index (χ2v) is 6.08. The van der Waals surface area contributed by atoms with Crippen molar-refractivity contribution in [2.45, 2.75) is 26.7 Å². The van der Waals surface area contributed by atoms with Crippen LogP contribution in [0.2, 0.25) is 0 Å². The Balaban J connectivity index is 1.86. The molecule has 6 nitrogen and oxygen atoms in total. The summed E-state index contributed by atoms with van der Waals surface area (Å²) in [7, 11) is 0. The smallest absolute Gasteiger partial charge is 0.306 e. The first-order valence-electron chi connectivity index (χ1n) is 8.92. The van der Waals surface area contributed by atoms with E-state index in [1.807, 2.05) is 55.5 Å². The van der Waals surface area contributed by atoms with Gasteiger partial charge in [0.15, 0.2) is 5.82 Å². The Hall–Kier alpha value is -3.28. The van der Waals surface area contributed by atoms with Crippen LogP contribution in [0.5, 0.6) is 0 Å². The Morgan fingerprint density at radius 3 is 2.63 bits per heavy atom. The third-order valence-electron chi connectivity index (χ3n) is 4.10. The highest BCUT2D eigenvalue weighted by Gasteiger charge is 2.10. The van der Waals surface area contributed by atoms with Gasteiger partial charge in [-0.2, -0.15) is 5.10 Å². The second kappa shape index (κ2) is 8.89. The number of nitrogens with zero attached hydrogens (tertiary/aromatic N) is 3. The summed E-state index contributed by atoms with van der Waals surface area (Å²) < 4.78 is 5.03. The van der Waals surface area contributed by atoms with Crippen molar-refractivity contribution in [3.63, 3.8) is 0 Å². The summed E-state index contributed by atoms with van der Waals surface area (Å²) in [6.07, 6.45) is 2.25. The quantitative estimate of drug-likeness (QED) is 0.389. The van der Waals surface area contributed by atoms with Crippen LogP contribution in [-0.4, -0.2) is 28.3 Å². The molecule has 27 heavy (non-hydrogen) atoms. The van der Waals surface area contributed by atoms with Gasteiger partial charge in [-0.05, 0) is 31.5 Å². The summed E-state index contributed by atoms with van der Waals surface area (Å²) in [5.74, 6) is 0.395. The number of carbonyl (C=O) groups is 1. The first-order valence-corrected chi connectivity index (χ1v) is 8.92. The molecule has 0 radical (unpaired) electrons. The lowest BCUT2D eigenvalue weighted by molar-refractivity contribution is -0.142. The van der Waals surface area contributed by atoms with E-state index >= 15 is 0 Å². The summed E-state index contributed by atoms with van der Waals surface area (Å²) in [5.41, 5.74) is 6.77. The molecular weight excluding hydrogens is 340 g/mol. The van der Waals surface area contributed by atoms with Crippen molar-refractivity contribution in [3.8, 4) is 0 Å². The first-order chi connectivity index (χ1) is 13.2. The molecule has 138 valence electrons. The molecule has 2 aromatic carbocycles. The zero-order valence-electron chi connectivity index (χ0n) is 15.5. The molecule has 0 amide bonds. The van der Waals surface area contributed by atoms with Crippen LogP contribution in [0.4, 0.5) is 5.82 Å². The third kappa shape index (κ3) is 4.88.